The molecule has 110 valence electrons. The number of carbonyl (C=O) groups excluding carboxylic acids is 1. The second-order valence-electron chi connectivity index (χ2n) is 4.90. The Morgan fingerprint density at radius 2 is 2.15 bits per heavy atom. The third-order valence-electron chi connectivity index (χ3n) is 2.91. The zero-order chi connectivity index (χ0) is 15.3. The van der Waals surface area contributed by atoms with Crippen LogP contribution in [0, 0.1) is 6.92 Å². The minimum absolute atomic E-state index is 0.0604. The molecule has 2 amide bonds. The highest BCUT2D eigenvalue weighted by Crippen LogP contribution is 2.20. The zero-order valence-corrected chi connectivity index (χ0v) is 13.5. The molecule has 1 aromatic carbocycles. The van der Waals surface area contributed by atoms with Crippen molar-refractivity contribution < 1.29 is 4.79 Å². The van der Waals surface area contributed by atoms with Gasteiger partial charge in [-0.05, 0) is 38.5 Å². The van der Waals surface area contributed by atoms with Crippen LogP contribution in [0.4, 0.5) is 10.5 Å². The highest BCUT2D eigenvalue weighted by Gasteiger charge is 2.17. The molecule has 1 aromatic rings. The smallest absolute Gasteiger partial charge is 0.322 e. The lowest BCUT2D eigenvalue weighted by molar-refractivity contribution is 0.199. The monoisotopic (exact) mass is 313 g/mol. The van der Waals surface area contributed by atoms with E-state index in [-0.39, 0.29) is 12.1 Å². The molecule has 0 fully saturated rings. The predicted molar refractivity (Wildman–Crippen MR) is 88.5 cm³/mol. The molecule has 0 heterocycles. The minimum Gasteiger partial charge on any atom is -0.393 e. The van der Waals surface area contributed by atoms with Gasteiger partial charge < -0.3 is 16.0 Å². The molecule has 0 atom stereocenters. The number of nitrogens with one attached hydrogen (secondary N) is 1. The van der Waals surface area contributed by atoms with Crippen molar-refractivity contribution in [1.82, 2.24) is 4.90 Å². The number of thiocarbonyl (C=S) groups is 1. The van der Waals surface area contributed by atoms with Crippen molar-refractivity contribution in [1.29, 1.82) is 0 Å². The van der Waals surface area contributed by atoms with Crippen molar-refractivity contribution in [3.8, 4) is 0 Å². The van der Waals surface area contributed by atoms with Gasteiger partial charge in [0.2, 0.25) is 0 Å². The normalized spacial score (nSPS) is 10.4. The fourth-order valence-electron chi connectivity index (χ4n) is 1.69. The van der Waals surface area contributed by atoms with Gasteiger partial charge >= 0.3 is 6.03 Å². The first-order valence-corrected chi connectivity index (χ1v) is 7.22. The van der Waals surface area contributed by atoms with E-state index >= 15 is 0 Å². The molecule has 0 aliphatic heterocycles. The number of hydrogen-bond acceptors (Lipinski definition) is 2. The summed E-state index contributed by atoms with van der Waals surface area (Å²) in [6.45, 7) is 6.30. The van der Waals surface area contributed by atoms with E-state index in [2.05, 4.69) is 5.32 Å². The Kier molecular flexibility index (Phi) is 6.23. The first-order valence-electron chi connectivity index (χ1n) is 6.43. The molecule has 20 heavy (non-hydrogen) atoms. The van der Waals surface area contributed by atoms with Gasteiger partial charge in [-0.15, -0.1) is 0 Å². The van der Waals surface area contributed by atoms with Crippen LogP contribution in [-0.4, -0.2) is 28.5 Å². The van der Waals surface area contributed by atoms with Gasteiger partial charge in [-0.25, -0.2) is 4.79 Å². The molecule has 1 rings (SSSR count). The van der Waals surface area contributed by atoms with E-state index in [9.17, 15) is 4.79 Å². The summed E-state index contributed by atoms with van der Waals surface area (Å²) in [4.78, 5) is 14.3. The lowest BCUT2D eigenvalue weighted by Crippen LogP contribution is -2.41. The second kappa shape index (κ2) is 7.45. The number of amides is 2. The van der Waals surface area contributed by atoms with Crippen molar-refractivity contribution in [3.05, 3.63) is 28.8 Å². The average Bonchev–Trinajstić information content (AvgIpc) is 2.33. The van der Waals surface area contributed by atoms with Gasteiger partial charge in [0.05, 0.1) is 4.99 Å². The summed E-state index contributed by atoms with van der Waals surface area (Å²) in [6.07, 6.45) is 0.510. The van der Waals surface area contributed by atoms with E-state index in [1.165, 1.54) is 0 Å². The number of carbonyl (C=O) groups is 1. The second-order valence-corrected chi connectivity index (χ2v) is 5.83. The summed E-state index contributed by atoms with van der Waals surface area (Å²) in [5.74, 6) is 0. The number of hydrogen-bond donors (Lipinski definition) is 2. The van der Waals surface area contributed by atoms with Crippen LogP contribution in [-0.2, 0) is 0 Å². The predicted octanol–water partition coefficient (Wildman–Crippen LogP) is 3.57. The Labute approximate surface area is 130 Å². The average molecular weight is 314 g/mol. The summed E-state index contributed by atoms with van der Waals surface area (Å²) >= 11 is 10.9. The SMILES string of the molecule is Cc1ccc(NC(=O)N(CCC(N)=S)C(C)C)cc1Cl. The summed E-state index contributed by atoms with van der Waals surface area (Å²) in [5, 5.41) is 3.46. The van der Waals surface area contributed by atoms with Gasteiger partial charge in [-0.2, -0.15) is 0 Å². The Morgan fingerprint density at radius 3 is 2.65 bits per heavy atom. The zero-order valence-electron chi connectivity index (χ0n) is 11.9. The number of anilines is 1. The van der Waals surface area contributed by atoms with Crippen LogP contribution in [0.3, 0.4) is 0 Å². The topological polar surface area (TPSA) is 58.4 Å². The van der Waals surface area contributed by atoms with Crippen LogP contribution < -0.4 is 11.1 Å². The fraction of sp³-hybridized carbons (Fsp3) is 0.429. The highest BCUT2D eigenvalue weighted by atomic mass is 35.5. The maximum Gasteiger partial charge on any atom is 0.322 e. The maximum atomic E-state index is 12.3. The Balaban J connectivity index is 2.74. The van der Waals surface area contributed by atoms with E-state index in [1.807, 2.05) is 32.9 Å². The molecule has 0 aliphatic carbocycles. The number of rotatable bonds is 5. The van der Waals surface area contributed by atoms with E-state index in [1.54, 1.807) is 11.0 Å². The first kappa shape index (κ1) is 16.7. The molecule has 4 nitrogen and oxygen atoms in total. The van der Waals surface area contributed by atoms with Gasteiger partial charge in [0.1, 0.15) is 0 Å². The summed E-state index contributed by atoms with van der Waals surface area (Å²) in [5.41, 5.74) is 7.13. The number of nitrogens with two attached hydrogens (primary N) is 1. The van der Waals surface area contributed by atoms with Crippen LogP contribution in [0.5, 0.6) is 0 Å². The molecule has 0 unspecified atom stereocenters. The molecule has 0 bridgehead atoms. The Hall–Kier alpha value is -1.33. The summed E-state index contributed by atoms with van der Waals surface area (Å²) < 4.78 is 0. The summed E-state index contributed by atoms with van der Waals surface area (Å²) in [6, 6.07) is 5.31. The van der Waals surface area contributed by atoms with Crippen LogP contribution in [0.25, 0.3) is 0 Å². The van der Waals surface area contributed by atoms with Crippen molar-refractivity contribution in [2.75, 3.05) is 11.9 Å². The Morgan fingerprint density at radius 1 is 1.50 bits per heavy atom. The van der Waals surface area contributed by atoms with E-state index < -0.39 is 0 Å². The van der Waals surface area contributed by atoms with Gasteiger partial charge in [0.25, 0.3) is 0 Å². The minimum atomic E-state index is -0.184. The highest BCUT2D eigenvalue weighted by molar-refractivity contribution is 7.80. The van der Waals surface area contributed by atoms with Crippen molar-refractivity contribution in [2.45, 2.75) is 33.2 Å². The van der Waals surface area contributed by atoms with Crippen LogP contribution in [0.1, 0.15) is 25.8 Å². The quantitative estimate of drug-likeness (QED) is 0.817. The molecule has 0 spiro atoms. The number of urea groups is 1. The van der Waals surface area contributed by atoms with Crippen molar-refractivity contribution >= 4 is 40.5 Å². The van der Waals surface area contributed by atoms with E-state index in [0.717, 1.165) is 5.56 Å². The van der Waals surface area contributed by atoms with Crippen LogP contribution >= 0.6 is 23.8 Å². The van der Waals surface area contributed by atoms with Gasteiger partial charge in [-0.3, -0.25) is 0 Å². The van der Waals surface area contributed by atoms with E-state index in [0.29, 0.717) is 28.7 Å². The first-order chi connectivity index (χ1) is 9.31. The molecule has 0 saturated heterocycles. The largest absolute Gasteiger partial charge is 0.393 e. The number of benzene rings is 1. The standard InChI is InChI=1S/C14H20ClN3OS/c1-9(2)18(7-6-13(16)20)14(19)17-11-5-4-10(3)12(15)8-11/h4-5,8-9H,6-7H2,1-3H3,(H2,16,20)(H,17,19). The third-order valence-corrected chi connectivity index (χ3v) is 3.52. The van der Waals surface area contributed by atoms with Crippen LogP contribution in [0.2, 0.25) is 5.02 Å². The van der Waals surface area contributed by atoms with Crippen molar-refractivity contribution in [2.24, 2.45) is 5.73 Å². The van der Waals surface area contributed by atoms with Gasteiger partial charge in [-0.1, -0.05) is 29.9 Å². The number of aryl methyl sites for hydroxylation is 1. The number of halogens is 1. The Bertz CT molecular complexity index is 505. The molecule has 0 saturated carbocycles. The van der Waals surface area contributed by atoms with E-state index in [4.69, 9.17) is 29.6 Å². The molecular weight excluding hydrogens is 294 g/mol. The molecule has 6 heteroatoms. The fourth-order valence-corrected chi connectivity index (χ4v) is 1.96. The molecular formula is C14H20ClN3OS. The van der Waals surface area contributed by atoms with Crippen LogP contribution in [0.15, 0.2) is 18.2 Å². The lowest BCUT2D eigenvalue weighted by Gasteiger charge is -2.27. The van der Waals surface area contributed by atoms with Gasteiger partial charge in [0.15, 0.2) is 0 Å². The third kappa shape index (κ3) is 4.98. The summed E-state index contributed by atoms with van der Waals surface area (Å²) in [7, 11) is 0. The molecule has 0 aromatic heterocycles. The van der Waals surface area contributed by atoms with Crippen molar-refractivity contribution in [3.63, 3.8) is 0 Å². The number of nitrogens with zero attached hydrogens (tertiary/aromatic N) is 1. The van der Waals surface area contributed by atoms with Gasteiger partial charge in [0, 0.05) is 29.7 Å². The molecule has 0 radical (unpaired) electrons. The molecule has 0 aliphatic rings. The molecule has 3 N–H and O–H groups in total. The maximum absolute atomic E-state index is 12.3. The lowest BCUT2D eigenvalue weighted by atomic mass is 10.2.